The number of terminal acetylenes is 1. The second-order valence-electron chi connectivity index (χ2n) is 6.67. The van der Waals surface area contributed by atoms with Gasteiger partial charge in [-0.3, -0.25) is 9.59 Å². The third kappa shape index (κ3) is 3.75. The van der Waals surface area contributed by atoms with E-state index in [2.05, 4.69) is 5.92 Å². The Morgan fingerprint density at radius 1 is 1.50 bits per heavy atom. The van der Waals surface area contributed by atoms with Crippen LogP contribution in [0.5, 0.6) is 0 Å². The molecule has 2 amide bonds. The van der Waals surface area contributed by atoms with E-state index in [0.717, 1.165) is 0 Å². The maximum atomic E-state index is 12.7. The largest absolute Gasteiger partial charge is 0.339 e. The minimum absolute atomic E-state index is 0.0635. The van der Waals surface area contributed by atoms with Crippen LogP contribution in [0.2, 0.25) is 0 Å². The summed E-state index contributed by atoms with van der Waals surface area (Å²) in [6, 6.07) is 0.133. The van der Waals surface area contributed by atoms with Gasteiger partial charge in [0, 0.05) is 24.5 Å². The van der Waals surface area contributed by atoms with Crippen molar-refractivity contribution in [3.63, 3.8) is 0 Å². The number of hydrogen-bond donors (Lipinski definition) is 0. The molecule has 0 radical (unpaired) electrons. The Balaban J connectivity index is 2.86. The SMILES string of the molecule is C#CCN(C(=O)C1CCC(=O)N(C(C)C)C1)C(C)(C)C. The molecule has 0 aromatic rings. The number of carbonyl (C=O) groups excluding carboxylic acids is 2. The number of amides is 2. The van der Waals surface area contributed by atoms with Crippen molar-refractivity contribution in [3.05, 3.63) is 0 Å². The Morgan fingerprint density at radius 3 is 2.55 bits per heavy atom. The number of rotatable bonds is 3. The van der Waals surface area contributed by atoms with Crippen LogP contribution in [0.1, 0.15) is 47.5 Å². The van der Waals surface area contributed by atoms with E-state index in [9.17, 15) is 9.59 Å². The van der Waals surface area contributed by atoms with E-state index >= 15 is 0 Å². The van der Waals surface area contributed by atoms with Gasteiger partial charge in [-0.2, -0.15) is 0 Å². The smallest absolute Gasteiger partial charge is 0.228 e. The van der Waals surface area contributed by atoms with E-state index < -0.39 is 0 Å². The fraction of sp³-hybridized carbons (Fsp3) is 0.750. The molecule has 1 heterocycles. The Morgan fingerprint density at radius 2 is 2.10 bits per heavy atom. The fourth-order valence-electron chi connectivity index (χ4n) is 2.53. The first-order chi connectivity index (χ1) is 9.18. The molecule has 0 saturated carbocycles. The normalized spacial score (nSPS) is 19.9. The highest BCUT2D eigenvalue weighted by atomic mass is 16.2. The van der Waals surface area contributed by atoms with Crippen molar-refractivity contribution >= 4 is 11.8 Å². The summed E-state index contributed by atoms with van der Waals surface area (Å²) >= 11 is 0. The van der Waals surface area contributed by atoms with Crippen LogP contribution in [0.4, 0.5) is 0 Å². The predicted molar refractivity (Wildman–Crippen MR) is 79.9 cm³/mol. The quantitative estimate of drug-likeness (QED) is 0.740. The van der Waals surface area contributed by atoms with Crippen LogP contribution < -0.4 is 0 Å². The molecule has 20 heavy (non-hydrogen) atoms. The molecule has 0 aromatic heterocycles. The van der Waals surface area contributed by atoms with Gasteiger partial charge in [0.15, 0.2) is 0 Å². The first kappa shape index (κ1) is 16.6. The summed E-state index contributed by atoms with van der Waals surface area (Å²) < 4.78 is 0. The van der Waals surface area contributed by atoms with E-state index in [4.69, 9.17) is 6.42 Å². The molecule has 4 nitrogen and oxygen atoms in total. The lowest BCUT2D eigenvalue weighted by Crippen LogP contribution is -2.53. The second-order valence-corrected chi connectivity index (χ2v) is 6.67. The van der Waals surface area contributed by atoms with Crippen LogP contribution >= 0.6 is 0 Å². The van der Waals surface area contributed by atoms with Crippen molar-refractivity contribution in [2.75, 3.05) is 13.1 Å². The highest BCUT2D eigenvalue weighted by Gasteiger charge is 2.36. The number of carbonyl (C=O) groups is 2. The molecule has 0 aromatic carbocycles. The summed E-state index contributed by atoms with van der Waals surface area (Å²) in [6.45, 7) is 10.7. The topological polar surface area (TPSA) is 40.6 Å². The summed E-state index contributed by atoms with van der Waals surface area (Å²) in [4.78, 5) is 28.1. The van der Waals surface area contributed by atoms with E-state index in [1.807, 2.05) is 34.6 Å². The monoisotopic (exact) mass is 278 g/mol. The highest BCUT2D eigenvalue weighted by Crippen LogP contribution is 2.24. The van der Waals surface area contributed by atoms with Gasteiger partial charge in [-0.1, -0.05) is 5.92 Å². The van der Waals surface area contributed by atoms with Crippen LogP contribution in [0.15, 0.2) is 0 Å². The molecular formula is C16H26N2O2. The molecule has 4 heteroatoms. The summed E-state index contributed by atoms with van der Waals surface area (Å²) in [6.07, 6.45) is 6.45. The zero-order valence-electron chi connectivity index (χ0n) is 13.3. The maximum absolute atomic E-state index is 12.7. The van der Waals surface area contributed by atoms with Gasteiger partial charge in [0.25, 0.3) is 0 Å². The van der Waals surface area contributed by atoms with Crippen LogP contribution in [0.25, 0.3) is 0 Å². The second kappa shape index (κ2) is 6.30. The summed E-state index contributed by atoms with van der Waals surface area (Å²) in [5.41, 5.74) is -0.298. The number of nitrogens with zero attached hydrogens (tertiary/aromatic N) is 2. The van der Waals surface area contributed by atoms with Gasteiger partial charge in [0.05, 0.1) is 12.5 Å². The lowest BCUT2D eigenvalue weighted by atomic mass is 9.93. The van der Waals surface area contributed by atoms with Crippen LogP contribution in [0, 0.1) is 18.3 Å². The van der Waals surface area contributed by atoms with Crippen LogP contribution in [-0.2, 0) is 9.59 Å². The molecule has 1 aliphatic rings. The van der Waals surface area contributed by atoms with E-state index in [-0.39, 0.29) is 29.3 Å². The summed E-state index contributed by atoms with van der Waals surface area (Å²) in [7, 11) is 0. The van der Waals surface area contributed by atoms with Crippen molar-refractivity contribution in [3.8, 4) is 12.3 Å². The Labute approximate surface area is 122 Å². The van der Waals surface area contributed by atoms with Gasteiger partial charge in [0.1, 0.15) is 0 Å². The van der Waals surface area contributed by atoms with Gasteiger partial charge < -0.3 is 9.80 Å². The third-order valence-corrected chi connectivity index (χ3v) is 3.74. The molecule has 1 fully saturated rings. The van der Waals surface area contributed by atoms with Gasteiger partial charge in [-0.25, -0.2) is 0 Å². The zero-order valence-corrected chi connectivity index (χ0v) is 13.3. The predicted octanol–water partition coefficient (Wildman–Crippen LogP) is 1.89. The molecule has 1 rings (SSSR count). The fourth-order valence-corrected chi connectivity index (χ4v) is 2.53. The van der Waals surface area contributed by atoms with E-state index in [0.29, 0.717) is 25.9 Å². The molecule has 112 valence electrons. The van der Waals surface area contributed by atoms with Crippen molar-refractivity contribution in [2.24, 2.45) is 5.92 Å². The molecule has 0 N–H and O–H groups in total. The van der Waals surface area contributed by atoms with Crippen molar-refractivity contribution in [2.45, 2.75) is 59.0 Å². The third-order valence-electron chi connectivity index (χ3n) is 3.74. The molecule has 0 aliphatic carbocycles. The van der Waals surface area contributed by atoms with Crippen molar-refractivity contribution in [1.29, 1.82) is 0 Å². The Kier molecular flexibility index (Phi) is 5.21. The minimum Gasteiger partial charge on any atom is -0.339 e. The van der Waals surface area contributed by atoms with Crippen LogP contribution in [0.3, 0.4) is 0 Å². The molecule has 0 spiro atoms. The standard InChI is InChI=1S/C16H26N2O2/c1-7-10-18(16(4,5)6)15(20)13-8-9-14(19)17(11-13)12(2)3/h1,12-13H,8-11H2,2-6H3. The summed E-state index contributed by atoms with van der Waals surface area (Å²) in [5.74, 6) is 2.63. The van der Waals surface area contributed by atoms with Crippen molar-refractivity contribution in [1.82, 2.24) is 9.80 Å². The molecular weight excluding hydrogens is 252 g/mol. The first-order valence-corrected chi connectivity index (χ1v) is 7.23. The average Bonchev–Trinajstić information content (AvgIpc) is 2.34. The van der Waals surface area contributed by atoms with Gasteiger partial charge in [0.2, 0.25) is 11.8 Å². The summed E-state index contributed by atoms with van der Waals surface area (Å²) in [5, 5.41) is 0. The lowest BCUT2D eigenvalue weighted by Gasteiger charge is -2.40. The molecule has 1 aliphatic heterocycles. The minimum atomic E-state index is -0.298. The molecule has 0 bridgehead atoms. The first-order valence-electron chi connectivity index (χ1n) is 7.23. The van der Waals surface area contributed by atoms with E-state index in [1.54, 1.807) is 9.80 Å². The van der Waals surface area contributed by atoms with Crippen molar-refractivity contribution < 1.29 is 9.59 Å². The molecule has 1 atom stereocenters. The Bertz CT molecular complexity index is 415. The number of likely N-dealkylation sites (tertiary alicyclic amines) is 1. The maximum Gasteiger partial charge on any atom is 0.228 e. The van der Waals surface area contributed by atoms with Crippen LogP contribution in [-0.4, -0.2) is 46.3 Å². The molecule has 1 unspecified atom stereocenters. The average molecular weight is 278 g/mol. The highest BCUT2D eigenvalue weighted by molar-refractivity contribution is 5.84. The molecule has 1 saturated heterocycles. The Hall–Kier alpha value is -1.50. The van der Waals surface area contributed by atoms with Gasteiger partial charge >= 0.3 is 0 Å². The van der Waals surface area contributed by atoms with E-state index in [1.165, 1.54) is 0 Å². The number of hydrogen-bond acceptors (Lipinski definition) is 2. The number of piperidine rings is 1. The van der Waals surface area contributed by atoms with Gasteiger partial charge in [-0.15, -0.1) is 6.42 Å². The lowest BCUT2D eigenvalue weighted by molar-refractivity contribution is -0.146. The zero-order chi connectivity index (χ0) is 15.5. The van der Waals surface area contributed by atoms with Gasteiger partial charge in [-0.05, 0) is 41.0 Å².